The van der Waals surface area contributed by atoms with E-state index in [9.17, 15) is 4.79 Å². The molecule has 6 nitrogen and oxygen atoms in total. The zero-order valence-corrected chi connectivity index (χ0v) is 12.2. The summed E-state index contributed by atoms with van der Waals surface area (Å²) in [5.41, 5.74) is 14.7. The Kier molecular flexibility index (Phi) is 12.4. The highest BCUT2D eigenvalue weighted by molar-refractivity contribution is 8.00. The molecule has 0 saturated heterocycles. The second kappa shape index (κ2) is 9.64. The summed E-state index contributed by atoms with van der Waals surface area (Å²) in [6, 6.07) is 0. The number of hydrogen-bond acceptors (Lipinski definition) is 4. The van der Waals surface area contributed by atoms with Gasteiger partial charge < -0.3 is 22.3 Å². The van der Waals surface area contributed by atoms with Crippen molar-refractivity contribution in [3.05, 3.63) is 0 Å². The summed E-state index contributed by atoms with van der Waals surface area (Å²) in [6.07, 6.45) is 0. The summed E-state index contributed by atoms with van der Waals surface area (Å²) in [6.45, 7) is 3.85. The minimum Gasteiger partial charge on any atom is -0.480 e. The molecular weight excluding hydrogens is 287 g/mol. The van der Waals surface area contributed by atoms with Gasteiger partial charge in [-0.25, -0.2) is 0 Å². The lowest BCUT2D eigenvalue weighted by Crippen LogP contribution is -2.47. The second-order valence-corrected chi connectivity index (χ2v) is 5.04. The number of carboxylic acid groups (broad SMARTS) is 1. The van der Waals surface area contributed by atoms with Crippen LogP contribution in [0.5, 0.6) is 0 Å². The molecule has 0 bridgehead atoms. The van der Waals surface area contributed by atoms with E-state index in [0.29, 0.717) is 12.3 Å². The first-order valence-electron chi connectivity index (χ1n) is 4.45. The number of carbonyl (C=O) groups is 1. The first kappa shape index (κ1) is 21.9. The molecule has 2 atom stereocenters. The third kappa shape index (κ3) is 10.5. The maximum absolute atomic E-state index is 10.7. The van der Waals surface area contributed by atoms with Crippen LogP contribution < -0.4 is 17.2 Å². The van der Waals surface area contributed by atoms with Crippen LogP contribution in [-0.4, -0.2) is 40.1 Å². The SMILES string of the molecule is C[C@@H](CN=C(N)N)SC[C@](C)(N)C(=O)O.Cl.Cl. The van der Waals surface area contributed by atoms with Gasteiger partial charge in [0.2, 0.25) is 0 Å². The summed E-state index contributed by atoms with van der Waals surface area (Å²) in [4.78, 5) is 14.5. The van der Waals surface area contributed by atoms with Gasteiger partial charge >= 0.3 is 5.97 Å². The van der Waals surface area contributed by atoms with E-state index in [1.54, 1.807) is 0 Å². The third-order valence-corrected chi connectivity index (χ3v) is 3.17. The van der Waals surface area contributed by atoms with E-state index < -0.39 is 11.5 Å². The Bertz CT molecular complexity index is 260. The van der Waals surface area contributed by atoms with E-state index in [4.69, 9.17) is 22.3 Å². The number of nitrogens with two attached hydrogens (primary N) is 3. The van der Waals surface area contributed by atoms with Gasteiger partial charge in [-0.2, -0.15) is 11.8 Å². The fourth-order valence-corrected chi connectivity index (χ4v) is 1.60. The first-order valence-corrected chi connectivity index (χ1v) is 5.50. The van der Waals surface area contributed by atoms with Gasteiger partial charge in [-0.1, -0.05) is 6.92 Å². The molecule has 104 valence electrons. The topological polar surface area (TPSA) is 128 Å². The standard InChI is InChI=1S/C8H18N4O2S.2ClH/c1-5(3-12-7(9)10)15-4-8(2,11)6(13)14;;/h5H,3-4,11H2,1-2H3,(H,13,14)(H4,9,10,12);2*1H/t5-,8-;;/m0../s1. The van der Waals surface area contributed by atoms with E-state index in [1.807, 2.05) is 6.92 Å². The minimum atomic E-state index is -1.21. The van der Waals surface area contributed by atoms with Gasteiger partial charge in [0.15, 0.2) is 5.96 Å². The summed E-state index contributed by atoms with van der Waals surface area (Å²) in [7, 11) is 0. The van der Waals surface area contributed by atoms with Gasteiger partial charge in [0.1, 0.15) is 5.54 Å². The highest BCUT2D eigenvalue weighted by Crippen LogP contribution is 2.16. The highest BCUT2D eigenvalue weighted by atomic mass is 35.5. The van der Waals surface area contributed by atoms with Crippen LogP contribution in [0.4, 0.5) is 0 Å². The molecule has 0 spiro atoms. The number of hydrogen-bond donors (Lipinski definition) is 4. The molecule has 0 aromatic carbocycles. The molecule has 0 heterocycles. The average molecular weight is 307 g/mol. The van der Waals surface area contributed by atoms with Crippen molar-refractivity contribution in [2.45, 2.75) is 24.6 Å². The van der Waals surface area contributed by atoms with Crippen molar-refractivity contribution in [1.29, 1.82) is 0 Å². The number of halogens is 2. The van der Waals surface area contributed by atoms with Crippen LogP contribution >= 0.6 is 36.6 Å². The molecule has 0 rings (SSSR count). The van der Waals surface area contributed by atoms with Crippen molar-refractivity contribution in [3.63, 3.8) is 0 Å². The van der Waals surface area contributed by atoms with Gasteiger partial charge in [0, 0.05) is 11.0 Å². The molecule has 0 radical (unpaired) electrons. The Morgan fingerprint density at radius 3 is 2.29 bits per heavy atom. The Morgan fingerprint density at radius 2 is 1.94 bits per heavy atom. The van der Waals surface area contributed by atoms with Crippen molar-refractivity contribution in [1.82, 2.24) is 0 Å². The molecule has 0 aliphatic heterocycles. The third-order valence-electron chi connectivity index (χ3n) is 1.69. The maximum Gasteiger partial charge on any atom is 0.324 e. The summed E-state index contributed by atoms with van der Waals surface area (Å²) in [5.74, 6) is -0.649. The van der Waals surface area contributed by atoms with Crippen LogP contribution in [0.1, 0.15) is 13.8 Å². The summed E-state index contributed by atoms with van der Waals surface area (Å²) >= 11 is 1.43. The van der Waals surface area contributed by atoms with E-state index in [-0.39, 0.29) is 36.0 Å². The molecule has 0 aromatic rings. The van der Waals surface area contributed by atoms with E-state index in [1.165, 1.54) is 18.7 Å². The van der Waals surface area contributed by atoms with Gasteiger partial charge in [-0.05, 0) is 6.92 Å². The fourth-order valence-electron chi connectivity index (χ4n) is 0.664. The van der Waals surface area contributed by atoms with Gasteiger partial charge in [-0.15, -0.1) is 24.8 Å². The average Bonchev–Trinajstić information content (AvgIpc) is 2.11. The van der Waals surface area contributed by atoms with Gasteiger partial charge in [0.25, 0.3) is 0 Å². The van der Waals surface area contributed by atoms with E-state index in [2.05, 4.69) is 4.99 Å². The number of thioether (sulfide) groups is 1. The van der Waals surface area contributed by atoms with E-state index >= 15 is 0 Å². The molecule has 0 amide bonds. The molecule has 17 heavy (non-hydrogen) atoms. The lowest BCUT2D eigenvalue weighted by atomic mass is 10.1. The van der Waals surface area contributed by atoms with Crippen LogP contribution in [0.3, 0.4) is 0 Å². The first-order chi connectivity index (χ1) is 6.75. The van der Waals surface area contributed by atoms with Crippen LogP contribution in [0.25, 0.3) is 0 Å². The molecule has 7 N–H and O–H groups in total. The second-order valence-electron chi connectivity index (χ2n) is 3.61. The number of guanidine groups is 1. The minimum absolute atomic E-state index is 0. The van der Waals surface area contributed by atoms with Crippen LogP contribution in [0.2, 0.25) is 0 Å². The highest BCUT2D eigenvalue weighted by Gasteiger charge is 2.28. The number of aliphatic carboxylic acids is 1. The van der Waals surface area contributed by atoms with Crippen LogP contribution in [0, 0.1) is 0 Å². The maximum atomic E-state index is 10.7. The molecule has 0 unspecified atom stereocenters. The van der Waals surface area contributed by atoms with Crippen molar-refractivity contribution >= 4 is 48.5 Å². The monoisotopic (exact) mass is 306 g/mol. The number of nitrogens with zero attached hydrogens (tertiary/aromatic N) is 1. The lowest BCUT2D eigenvalue weighted by molar-refractivity contribution is -0.141. The normalized spacial score (nSPS) is 14.5. The molecule has 0 fully saturated rings. The predicted molar refractivity (Wildman–Crippen MR) is 77.3 cm³/mol. The summed E-state index contributed by atoms with van der Waals surface area (Å²) in [5, 5.41) is 8.90. The Morgan fingerprint density at radius 1 is 1.47 bits per heavy atom. The zero-order valence-electron chi connectivity index (χ0n) is 9.75. The zero-order chi connectivity index (χ0) is 12.1. The molecular formula is C8H20Cl2N4O2S. The van der Waals surface area contributed by atoms with E-state index in [0.717, 1.165) is 0 Å². The van der Waals surface area contributed by atoms with Crippen LogP contribution in [-0.2, 0) is 4.79 Å². The smallest absolute Gasteiger partial charge is 0.324 e. The fraction of sp³-hybridized carbons (Fsp3) is 0.750. The Labute approximate surface area is 118 Å². The molecule has 9 heteroatoms. The van der Waals surface area contributed by atoms with Crippen molar-refractivity contribution < 1.29 is 9.90 Å². The quantitative estimate of drug-likeness (QED) is 0.405. The Hall–Kier alpha value is -0.370. The van der Waals surface area contributed by atoms with Crippen molar-refractivity contribution in [2.24, 2.45) is 22.2 Å². The van der Waals surface area contributed by atoms with Crippen molar-refractivity contribution in [3.8, 4) is 0 Å². The van der Waals surface area contributed by atoms with Gasteiger partial charge in [-0.3, -0.25) is 9.79 Å². The molecule has 0 aliphatic carbocycles. The summed E-state index contributed by atoms with van der Waals surface area (Å²) < 4.78 is 0. The molecule has 0 aromatic heterocycles. The van der Waals surface area contributed by atoms with Gasteiger partial charge in [0.05, 0.1) is 6.54 Å². The lowest BCUT2D eigenvalue weighted by Gasteiger charge is -2.20. The predicted octanol–water partition coefficient (Wildman–Crippen LogP) is 0.0271. The molecule has 0 aliphatic rings. The molecule has 0 saturated carbocycles. The number of aliphatic imine (C=N–C) groups is 1. The number of carboxylic acids is 1. The Balaban J connectivity index is -0.000000980. The van der Waals surface area contributed by atoms with Crippen LogP contribution in [0.15, 0.2) is 4.99 Å². The number of rotatable bonds is 6. The largest absolute Gasteiger partial charge is 0.480 e. The van der Waals surface area contributed by atoms with Crippen molar-refractivity contribution in [2.75, 3.05) is 12.3 Å².